The second-order valence-corrected chi connectivity index (χ2v) is 5.30. The summed E-state index contributed by atoms with van der Waals surface area (Å²) >= 11 is 12.1. The van der Waals surface area contributed by atoms with Crippen LogP contribution in [-0.2, 0) is 5.88 Å². The number of hydrogen-bond acceptors (Lipinski definition) is 1. The molecule has 0 aliphatic heterocycles. The maximum absolute atomic E-state index is 6.16. The molecule has 0 aliphatic rings. The van der Waals surface area contributed by atoms with Crippen molar-refractivity contribution in [1.29, 1.82) is 0 Å². The van der Waals surface area contributed by atoms with E-state index in [4.69, 9.17) is 23.2 Å². The molecule has 17 heavy (non-hydrogen) atoms. The van der Waals surface area contributed by atoms with Crippen LogP contribution in [0.2, 0.25) is 5.02 Å². The van der Waals surface area contributed by atoms with E-state index >= 15 is 0 Å². The van der Waals surface area contributed by atoms with Gasteiger partial charge in [0, 0.05) is 6.04 Å². The van der Waals surface area contributed by atoms with Crippen molar-refractivity contribution in [3.05, 3.63) is 29.0 Å². The van der Waals surface area contributed by atoms with E-state index in [-0.39, 0.29) is 0 Å². The Morgan fingerprint density at radius 1 is 1.29 bits per heavy atom. The van der Waals surface area contributed by atoms with Crippen LogP contribution in [0.4, 0.5) is 0 Å². The number of para-hydroxylation sites is 1. The fourth-order valence-electron chi connectivity index (χ4n) is 1.98. The van der Waals surface area contributed by atoms with Gasteiger partial charge in [0.25, 0.3) is 0 Å². The molecule has 4 heteroatoms. The predicted molar refractivity (Wildman–Crippen MR) is 73.8 cm³/mol. The van der Waals surface area contributed by atoms with Gasteiger partial charge in [0.05, 0.1) is 16.4 Å². The van der Waals surface area contributed by atoms with Crippen molar-refractivity contribution in [2.24, 2.45) is 5.92 Å². The maximum Gasteiger partial charge on any atom is 0.125 e. The molecule has 0 fully saturated rings. The Balaban J connectivity index is 2.71. The third-order valence-electron chi connectivity index (χ3n) is 3.24. The summed E-state index contributed by atoms with van der Waals surface area (Å²) in [6.07, 6.45) is 0. The molecule has 0 aliphatic carbocycles. The zero-order valence-electron chi connectivity index (χ0n) is 10.2. The first-order valence-electron chi connectivity index (χ1n) is 5.77. The average molecular weight is 271 g/mol. The van der Waals surface area contributed by atoms with Gasteiger partial charge >= 0.3 is 0 Å². The van der Waals surface area contributed by atoms with Crippen LogP contribution in [0, 0.1) is 5.92 Å². The number of hydrogen-bond donors (Lipinski definition) is 0. The first kappa shape index (κ1) is 12.7. The fraction of sp³-hybridized carbons (Fsp3) is 0.462. The van der Waals surface area contributed by atoms with E-state index in [9.17, 15) is 0 Å². The molecule has 0 saturated carbocycles. The third kappa shape index (κ3) is 2.16. The fourth-order valence-corrected chi connectivity index (χ4v) is 2.38. The molecule has 0 saturated heterocycles. The van der Waals surface area contributed by atoms with Crippen molar-refractivity contribution in [1.82, 2.24) is 9.55 Å². The molecule has 1 heterocycles. The minimum atomic E-state index is 0.354. The highest BCUT2D eigenvalue weighted by Gasteiger charge is 2.18. The molecule has 1 aromatic carbocycles. The monoisotopic (exact) mass is 270 g/mol. The summed E-state index contributed by atoms with van der Waals surface area (Å²) in [5, 5.41) is 0.684. The van der Waals surface area contributed by atoms with Crippen molar-refractivity contribution in [2.75, 3.05) is 0 Å². The van der Waals surface area contributed by atoms with E-state index in [1.807, 2.05) is 18.2 Å². The minimum absolute atomic E-state index is 0.354. The third-order valence-corrected chi connectivity index (χ3v) is 3.78. The second-order valence-electron chi connectivity index (χ2n) is 4.62. The van der Waals surface area contributed by atoms with Crippen molar-refractivity contribution in [3.63, 3.8) is 0 Å². The number of fused-ring (bicyclic) bond motifs is 1. The van der Waals surface area contributed by atoms with Gasteiger partial charge in [-0.3, -0.25) is 0 Å². The molecule has 1 unspecified atom stereocenters. The van der Waals surface area contributed by atoms with Crippen LogP contribution in [0.5, 0.6) is 0 Å². The van der Waals surface area contributed by atoms with Crippen molar-refractivity contribution >= 4 is 34.2 Å². The van der Waals surface area contributed by atoms with Crippen LogP contribution >= 0.6 is 23.2 Å². The van der Waals surface area contributed by atoms with Gasteiger partial charge in [-0.25, -0.2) is 4.98 Å². The van der Waals surface area contributed by atoms with E-state index < -0.39 is 0 Å². The van der Waals surface area contributed by atoms with Crippen molar-refractivity contribution in [3.8, 4) is 0 Å². The minimum Gasteiger partial charge on any atom is -0.324 e. The molecule has 0 spiro atoms. The Kier molecular flexibility index (Phi) is 3.64. The van der Waals surface area contributed by atoms with E-state index in [1.165, 1.54) is 0 Å². The Morgan fingerprint density at radius 2 is 2.00 bits per heavy atom. The van der Waals surface area contributed by atoms with Crippen LogP contribution in [0.1, 0.15) is 32.6 Å². The van der Waals surface area contributed by atoms with E-state index in [1.54, 1.807) is 0 Å². The standard InChI is InChI=1S/C13H16Cl2N2/c1-8(2)9(3)17-11-6-4-5-10(15)13(11)16-12(17)7-14/h4-6,8-9H,7H2,1-3H3. The van der Waals surface area contributed by atoms with E-state index in [2.05, 4.69) is 30.3 Å². The summed E-state index contributed by atoms with van der Waals surface area (Å²) in [5.74, 6) is 1.81. The summed E-state index contributed by atoms with van der Waals surface area (Å²) in [6, 6.07) is 6.21. The Bertz CT molecular complexity index is 531. The van der Waals surface area contributed by atoms with E-state index in [0.29, 0.717) is 22.9 Å². The SMILES string of the molecule is CC(C)C(C)n1c(CCl)nc2c(Cl)cccc21. The molecule has 1 aromatic heterocycles. The van der Waals surface area contributed by atoms with Crippen molar-refractivity contribution in [2.45, 2.75) is 32.7 Å². The summed E-state index contributed by atoms with van der Waals surface area (Å²) in [7, 11) is 0. The lowest BCUT2D eigenvalue weighted by Crippen LogP contribution is -2.13. The quantitative estimate of drug-likeness (QED) is 0.743. The zero-order chi connectivity index (χ0) is 12.6. The molecule has 0 bridgehead atoms. The van der Waals surface area contributed by atoms with Gasteiger partial charge in [-0.1, -0.05) is 31.5 Å². The number of aromatic nitrogens is 2. The predicted octanol–water partition coefficient (Wildman–Crippen LogP) is 4.65. The molecule has 2 rings (SSSR count). The van der Waals surface area contributed by atoms with Gasteiger partial charge < -0.3 is 4.57 Å². The summed E-state index contributed by atoms with van der Waals surface area (Å²) < 4.78 is 2.19. The van der Waals surface area contributed by atoms with Gasteiger partial charge in [0.1, 0.15) is 11.3 Å². The topological polar surface area (TPSA) is 17.8 Å². The average Bonchev–Trinajstić information content (AvgIpc) is 2.67. The molecular formula is C13H16Cl2N2. The maximum atomic E-state index is 6.16. The number of imidazole rings is 1. The Morgan fingerprint density at radius 3 is 2.59 bits per heavy atom. The summed E-state index contributed by atoms with van der Waals surface area (Å²) in [4.78, 5) is 4.53. The lowest BCUT2D eigenvalue weighted by molar-refractivity contribution is 0.409. The molecule has 1 atom stereocenters. The highest BCUT2D eigenvalue weighted by Crippen LogP contribution is 2.30. The number of alkyl halides is 1. The van der Waals surface area contributed by atoms with Gasteiger partial charge in [-0.15, -0.1) is 11.6 Å². The van der Waals surface area contributed by atoms with Gasteiger partial charge in [-0.05, 0) is 25.0 Å². The number of benzene rings is 1. The molecule has 2 aromatic rings. The second kappa shape index (κ2) is 4.87. The van der Waals surface area contributed by atoms with Crippen LogP contribution in [0.15, 0.2) is 18.2 Å². The lowest BCUT2D eigenvalue weighted by Gasteiger charge is -2.20. The lowest BCUT2D eigenvalue weighted by atomic mass is 10.1. The van der Waals surface area contributed by atoms with Gasteiger partial charge in [-0.2, -0.15) is 0 Å². The molecule has 0 amide bonds. The molecule has 0 N–H and O–H groups in total. The summed E-state index contributed by atoms with van der Waals surface area (Å²) in [5.41, 5.74) is 1.91. The van der Waals surface area contributed by atoms with Crippen LogP contribution < -0.4 is 0 Å². The Labute approximate surface area is 112 Å². The van der Waals surface area contributed by atoms with Crippen LogP contribution in [0.25, 0.3) is 11.0 Å². The first-order valence-corrected chi connectivity index (χ1v) is 6.68. The molecule has 0 radical (unpaired) electrons. The Hall–Kier alpha value is -0.730. The smallest absolute Gasteiger partial charge is 0.125 e. The summed E-state index contributed by atoms with van der Waals surface area (Å²) in [6.45, 7) is 6.57. The van der Waals surface area contributed by atoms with Crippen LogP contribution in [0.3, 0.4) is 0 Å². The van der Waals surface area contributed by atoms with Crippen molar-refractivity contribution < 1.29 is 0 Å². The number of nitrogens with zero attached hydrogens (tertiary/aromatic N) is 2. The van der Waals surface area contributed by atoms with Gasteiger partial charge in [0.2, 0.25) is 0 Å². The van der Waals surface area contributed by atoms with Crippen LogP contribution in [-0.4, -0.2) is 9.55 Å². The molecule has 92 valence electrons. The largest absolute Gasteiger partial charge is 0.324 e. The van der Waals surface area contributed by atoms with Gasteiger partial charge in [0.15, 0.2) is 0 Å². The number of halogens is 2. The number of rotatable bonds is 3. The molecular weight excluding hydrogens is 255 g/mol. The molecule has 2 nitrogen and oxygen atoms in total. The zero-order valence-corrected chi connectivity index (χ0v) is 11.8. The van der Waals surface area contributed by atoms with E-state index in [0.717, 1.165) is 16.9 Å². The normalized spacial score (nSPS) is 13.5. The first-order chi connectivity index (χ1) is 8.06. The highest BCUT2D eigenvalue weighted by molar-refractivity contribution is 6.35. The highest BCUT2D eigenvalue weighted by atomic mass is 35.5.